The minimum atomic E-state index is -0.668. The third kappa shape index (κ3) is 3.24. The van der Waals surface area contributed by atoms with E-state index in [1.807, 2.05) is 0 Å². The fourth-order valence-electron chi connectivity index (χ4n) is 1.07. The zero-order chi connectivity index (χ0) is 12.1. The Balaban J connectivity index is 2.82. The molecule has 5 heteroatoms. The van der Waals surface area contributed by atoms with Crippen LogP contribution < -0.4 is 5.32 Å². The monoisotopic (exact) mass is 222 g/mol. The second-order valence-electron chi connectivity index (χ2n) is 3.38. The molecular formula is C11H11FN2O2. The fourth-order valence-corrected chi connectivity index (χ4v) is 1.07. The van der Waals surface area contributed by atoms with E-state index in [4.69, 9.17) is 10.00 Å². The summed E-state index contributed by atoms with van der Waals surface area (Å²) in [5.41, 5.74) is 0.287. The van der Waals surface area contributed by atoms with Gasteiger partial charge in [-0.1, -0.05) is 0 Å². The smallest absolute Gasteiger partial charge is 0.411 e. The van der Waals surface area contributed by atoms with Gasteiger partial charge in [0.2, 0.25) is 0 Å². The van der Waals surface area contributed by atoms with E-state index in [9.17, 15) is 9.18 Å². The van der Waals surface area contributed by atoms with Crippen molar-refractivity contribution >= 4 is 11.8 Å². The Labute approximate surface area is 92.6 Å². The van der Waals surface area contributed by atoms with Crippen LogP contribution >= 0.6 is 0 Å². The Morgan fingerprint density at radius 1 is 1.56 bits per heavy atom. The lowest BCUT2D eigenvalue weighted by atomic mass is 10.2. The highest BCUT2D eigenvalue weighted by molar-refractivity contribution is 5.86. The van der Waals surface area contributed by atoms with E-state index in [0.717, 1.165) is 12.1 Å². The number of halogens is 1. The number of benzene rings is 1. The molecule has 0 aliphatic rings. The number of hydrogen-bond acceptors (Lipinski definition) is 3. The number of nitrogens with zero attached hydrogens (tertiary/aromatic N) is 1. The van der Waals surface area contributed by atoms with Crippen LogP contribution in [0.4, 0.5) is 14.9 Å². The van der Waals surface area contributed by atoms with E-state index in [1.165, 1.54) is 6.07 Å². The first kappa shape index (κ1) is 12.0. The van der Waals surface area contributed by atoms with Crippen LogP contribution in [0.1, 0.15) is 19.4 Å². The van der Waals surface area contributed by atoms with Gasteiger partial charge in [0.25, 0.3) is 0 Å². The lowest BCUT2D eigenvalue weighted by Crippen LogP contribution is -2.18. The molecule has 84 valence electrons. The summed E-state index contributed by atoms with van der Waals surface area (Å²) < 4.78 is 17.6. The summed E-state index contributed by atoms with van der Waals surface area (Å²) in [6.07, 6.45) is -0.927. The van der Waals surface area contributed by atoms with Crippen molar-refractivity contribution < 1.29 is 13.9 Å². The zero-order valence-electron chi connectivity index (χ0n) is 8.95. The molecule has 0 aliphatic carbocycles. The van der Waals surface area contributed by atoms with E-state index < -0.39 is 11.9 Å². The standard InChI is InChI=1S/C11H11FN2O2/c1-7(2)16-11(15)14-10-4-3-9(12)5-8(10)6-13/h3-5,7H,1-2H3,(H,14,15). The van der Waals surface area contributed by atoms with Crippen LogP contribution in [0.2, 0.25) is 0 Å². The summed E-state index contributed by atoms with van der Waals surface area (Å²) in [7, 11) is 0. The van der Waals surface area contributed by atoms with Crippen molar-refractivity contribution in [2.45, 2.75) is 20.0 Å². The first-order valence-corrected chi connectivity index (χ1v) is 4.70. The summed E-state index contributed by atoms with van der Waals surface area (Å²) in [5, 5.41) is 11.1. The average Bonchev–Trinajstić information content (AvgIpc) is 2.19. The molecule has 0 bridgehead atoms. The molecule has 0 heterocycles. The molecule has 0 aliphatic heterocycles. The molecule has 0 saturated carbocycles. The normalized spacial score (nSPS) is 9.69. The molecule has 1 rings (SSSR count). The second-order valence-corrected chi connectivity index (χ2v) is 3.38. The molecule has 0 saturated heterocycles. The molecule has 1 N–H and O–H groups in total. The topological polar surface area (TPSA) is 62.1 Å². The maximum absolute atomic E-state index is 12.8. The minimum absolute atomic E-state index is 0.0562. The van der Waals surface area contributed by atoms with Crippen molar-refractivity contribution in [1.82, 2.24) is 0 Å². The van der Waals surface area contributed by atoms with Gasteiger partial charge in [-0.2, -0.15) is 5.26 Å². The SMILES string of the molecule is CC(C)OC(=O)Nc1ccc(F)cc1C#N. The number of anilines is 1. The van der Waals surface area contributed by atoms with Crippen LogP contribution in [-0.2, 0) is 4.74 Å². The highest BCUT2D eigenvalue weighted by atomic mass is 19.1. The number of nitriles is 1. The third-order valence-electron chi connectivity index (χ3n) is 1.68. The lowest BCUT2D eigenvalue weighted by molar-refractivity contribution is 0.130. The molecule has 0 spiro atoms. The predicted molar refractivity (Wildman–Crippen MR) is 56.4 cm³/mol. The van der Waals surface area contributed by atoms with Gasteiger partial charge in [0.15, 0.2) is 0 Å². The minimum Gasteiger partial charge on any atom is -0.447 e. The van der Waals surface area contributed by atoms with E-state index in [2.05, 4.69) is 5.32 Å². The quantitative estimate of drug-likeness (QED) is 0.836. The molecule has 0 aromatic heterocycles. The average molecular weight is 222 g/mol. The van der Waals surface area contributed by atoms with Gasteiger partial charge in [0.05, 0.1) is 17.4 Å². The van der Waals surface area contributed by atoms with Gasteiger partial charge < -0.3 is 4.74 Å². The molecule has 0 atom stereocenters. The van der Waals surface area contributed by atoms with Crippen LogP contribution in [-0.4, -0.2) is 12.2 Å². The van der Waals surface area contributed by atoms with Crippen LogP contribution in [0, 0.1) is 17.1 Å². The third-order valence-corrected chi connectivity index (χ3v) is 1.68. The van der Waals surface area contributed by atoms with E-state index in [1.54, 1.807) is 19.9 Å². The fraction of sp³-hybridized carbons (Fsp3) is 0.273. The van der Waals surface area contributed by atoms with Gasteiger partial charge in [0, 0.05) is 0 Å². The Kier molecular flexibility index (Phi) is 3.84. The molecule has 1 aromatic carbocycles. The van der Waals surface area contributed by atoms with Gasteiger partial charge in [-0.15, -0.1) is 0 Å². The van der Waals surface area contributed by atoms with Crippen LogP contribution in [0.25, 0.3) is 0 Å². The van der Waals surface area contributed by atoms with Crippen molar-refractivity contribution in [3.05, 3.63) is 29.6 Å². The summed E-state index contributed by atoms with van der Waals surface area (Å²) in [4.78, 5) is 11.2. The van der Waals surface area contributed by atoms with Crippen LogP contribution in [0.15, 0.2) is 18.2 Å². The first-order valence-electron chi connectivity index (χ1n) is 4.70. The lowest BCUT2D eigenvalue weighted by Gasteiger charge is -2.10. The van der Waals surface area contributed by atoms with Crippen LogP contribution in [0.5, 0.6) is 0 Å². The highest BCUT2D eigenvalue weighted by Gasteiger charge is 2.09. The number of amides is 1. The van der Waals surface area contributed by atoms with Gasteiger partial charge in [-0.25, -0.2) is 9.18 Å². The number of rotatable bonds is 2. The Morgan fingerprint density at radius 3 is 2.81 bits per heavy atom. The van der Waals surface area contributed by atoms with E-state index in [0.29, 0.717) is 0 Å². The molecule has 0 fully saturated rings. The van der Waals surface area contributed by atoms with Crippen molar-refractivity contribution in [3.63, 3.8) is 0 Å². The van der Waals surface area contributed by atoms with Crippen molar-refractivity contribution in [3.8, 4) is 6.07 Å². The summed E-state index contributed by atoms with van der Waals surface area (Å²) in [6.45, 7) is 3.41. The Morgan fingerprint density at radius 2 is 2.25 bits per heavy atom. The zero-order valence-corrected chi connectivity index (χ0v) is 8.95. The van der Waals surface area contributed by atoms with Crippen molar-refractivity contribution in [1.29, 1.82) is 5.26 Å². The molecular weight excluding hydrogens is 211 g/mol. The Hall–Kier alpha value is -2.09. The first-order chi connectivity index (χ1) is 7.52. The summed E-state index contributed by atoms with van der Waals surface area (Å²) in [6, 6.07) is 5.30. The van der Waals surface area contributed by atoms with Gasteiger partial charge in [-0.3, -0.25) is 5.32 Å². The maximum Gasteiger partial charge on any atom is 0.411 e. The van der Waals surface area contributed by atoms with Crippen molar-refractivity contribution in [2.24, 2.45) is 0 Å². The molecule has 16 heavy (non-hydrogen) atoms. The Bertz CT molecular complexity index is 438. The van der Waals surface area contributed by atoms with Crippen molar-refractivity contribution in [2.75, 3.05) is 5.32 Å². The second kappa shape index (κ2) is 5.12. The largest absolute Gasteiger partial charge is 0.447 e. The number of nitrogens with one attached hydrogen (secondary N) is 1. The van der Waals surface area contributed by atoms with Gasteiger partial charge >= 0.3 is 6.09 Å². The molecule has 4 nitrogen and oxygen atoms in total. The molecule has 0 radical (unpaired) electrons. The van der Waals surface area contributed by atoms with Gasteiger partial charge in [-0.05, 0) is 32.0 Å². The highest BCUT2D eigenvalue weighted by Crippen LogP contribution is 2.16. The predicted octanol–water partition coefficient (Wildman–Crippen LogP) is 2.65. The molecule has 0 unspecified atom stereocenters. The molecule has 1 aromatic rings. The number of ether oxygens (including phenoxy) is 1. The van der Waals surface area contributed by atoms with Crippen LogP contribution in [0.3, 0.4) is 0 Å². The summed E-state index contributed by atoms with van der Waals surface area (Å²) >= 11 is 0. The van der Waals surface area contributed by atoms with Gasteiger partial charge in [0.1, 0.15) is 11.9 Å². The van der Waals surface area contributed by atoms with E-state index in [-0.39, 0.29) is 17.4 Å². The van der Waals surface area contributed by atoms with E-state index >= 15 is 0 Å². The number of hydrogen-bond donors (Lipinski definition) is 1. The maximum atomic E-state index is 12.8. The number of carbonyl (C=O) groups excluding carboxylic acids is 1. The molecule has 1 amide bonds. The number of carbonyl (C=O) groups is 1. The summed E-state index contributed by atoms with van der Waals surface area (Å²) in [5.74, 6) is -0.528.